The molecule has 0 atom stereocenters. The fraction of sp³-hybridized carbons (Fsp3) is 0.231. The molecule has 0 fully saturated rings. The third-order valence-corrected chi connectivity index (χ3v) is 4.64. The predicted molar refractivity (Wildman–Crippen MR) is 128 cm³/mol. The summed E-state index contributed by atoms with van der Waals surface area (Å²) in [6.45, 7) is 4.52. The van der Waals surface area contributed by atoms with Crippen molar-refractivity contribution in [1.82, 2.24) is 5.32 Å². The SMILES string of the molecule is CC(C)NC(=O)c1cccc(NC(=O)CNc2ccc(OCCc3ccccc3)cc2)c1. The monoisotopic (exact) mass is 431 g/mol. The Morgan fingerprint density at radius 3 is 2.34 bits per heavy atom. The normalized spacial score (nSPS) is 10.5. The van der Waals surface area contributed by atoms with E-state index in [4.69, 9.17) is 4.74 Å². The zero-order chi connectivity index (χ0) is 22.8. The summed E-state index contributed by atoms with van der Waals surface area (Å²) in [6.07, 6.45) is 0.849. The highest BCUT2D eigenvalue weighted by Gasteiger charge is 2.09. The molecule has 0 aliphatic rings. The number of anilines is 2. The van der Waals surface area contributed by atoms with Crippen LogP contribution < -0.4 is 20.7 Å². The maximum absolute atomic E-state index is 12.3. The number of nitrogens with one attached hydrogen (secondary N) is 3. The Labute approximate surface area is 189 Å². The van der Waals surface area contributed by atoms with Crippen LogP contribution >= 0.6 is 0 Å². The summed E-state index contributed by atoms with van der Waals surface area (Å²) in [7, 11) is 0. The molecule has 32 heavy (non-hydrogen) atoms. The summed E-state index contributed by atoms with van der Waals surface area (Å²) < 4.78 is 5.78. The molecule has 0 bridgehead atoms. The molecule has 6 nitrogen and oxygen atoms in total. The van der Waals surface area contributed by atoms with Gasteiger partial charge in [0.15, 0.2) is 0 Å². The number of carbonyl (C=O) groups excluding carboxylic acids is 2. The first-order valence-corrected chi connectivity index (χ1v) is 10.7. The summed E-state index contributed by atoms with van der Waals surface area (Å²) in [5.41, 5.74) is 3.14. The van der Waals surface area contributed by atoms with Crippen LogP contribution in [0.4, 0.5) is 11.4 Å². The van der Waals surface area contributed by atoms with E-state index in [1.165, 1.54) is 5.56 Å². The lowest BCUT2D eigenvalue weighted by Gasteiger charge is -2.11. The van der Waals surface area contributed by atoms with Gasteiger partial charge < -0.3 is 20.7 Å². The van der Waals surface area contributed by atoms with E-state index in [1.54, 1.807) is 24.3 Å². The van der Waals surface area contributed by atoms with E-state index in [1.807, 2.05) is 56.3 Å². The van der Waals surface area contributed by atoms with Crippen LogP contribution in [0.15, 0.2) is 78.9 Å². The van der Waals surface area contributed by atoms with Gasteiger partial charge in [-0.05, 0) is 61.9 Å². The van der Waals surface area contributed by atoms with E-state index >= 15 is 0 Å². The van der Waals surface area contributed by atoms with Crippen molar-refractivity contribution in [1.29, 1.82) is 0 Å². The average molecular weight is 432 g/mol. The molecule has 3 N–H and O–H groups in total. The van der Waals surface area contributed by atoms with Crippen molar-refractivity contribution in [2.75, 3.05) is 23.8 Å². The van der Waals surface area contributed by atoms with Gasteiger partial charge in [0.2, 0.25) is 5.91 Å². The molecular formula is C26H29N3O3. The minimum atomic E-state index is -0.199. The van der Waals surface area contributed by atoms with Gasteiger partial charge in [-0.25, -0.2) is 0 Å². The zero-order valence-electron chi connectivity index (χ0n) is 18.4. The average Bonchev–Trinajstić information content (AvgIpc) is 2.79. The molecule has 0 aromatic heterocycles. The number of ether oxygens (including phenoxy) is 1. The summed E-state index contributed by atoms with van der Waals surface area (Å²) in [5, 5.41) is 8.74. The van der Waals surface area contributed by atoms with Gasteiger partial charge in [-0.2, -0.15) is 0 Å². The van der Waals surface area contributed by atoms with Crippen LogP contribution in [-0.2, 0) is 11.2 Å². The Hall–Kier alpha value is -3.80. The molecule has 2 amide bonds. The second-order valence-electron chi connectivity index (χ2n) is 7.72. The third kappa shape index (κ3) is 7.47. The van der Waals surface area contributed by atoms with E-state index < -0.39 is 0 Å². The molecule has 3 aromatic rings. The van der Waals surface area contributed by atoms with Crippen LogP contribution in [-0.4, -0.2) is 31.0 Å². The van der Waals surface area contributed by atoms with E-state index in [9.17, 15) is 9.59 Å². The highest BCUT2D eigenvalue weighted by molar-refractivity contribution is 5.98. The minimum Gasteiger partial charge on any atom is -0.493 e. The molecule has 3 aromatic carbocycles. The molecular weight excluding hydrogens is 402 g/mol. The van der Waals surface area contributed by atoms with Crippen molar-refractivity contribution in [2.24, 2.45) is 0 Å². The van der Waals surface area contributed by atoms with Gasteiger partial charge in [0, 0.05) is 29.4 Å². The summed E-state index contributed by atoms with van der Waals surface area (Å²) in [6, 6.07) is 24.6. The van der Waals surface area contributed by atoms with E-state index in [0.29, 0.717) is 17.9 Å². The Morgan fingerprint density at radius 2 is 1.62 bits per heavy atom. The van der Waals surface area contributed by atoms with Gasteiger partial charge in [-0.1, -0.05) is 36.4 Å². The van der Waals surface area contributed by atoms with Gasteiger partial charge in [-0.15, -0.1) is 0 Å². The zero-order valence-corrected chi connectivity index (χ0v) is 18.4. The number of benzene rings is 3. The van der Waals surface area contributed by atoms with Crippen LogP contribution in [0.5, 0.6) is 5.75 Å². The fourth-order valence-electron chi connectivity index (χ4n) is 3.07. The van der Waals surface area contributed by atoms with Crippen LogP contribution in [0.3, 0.4) is 0 Å². The Balaban J connectivity index is 1.43. The fourth-order valence-corrected chi connectivity index (χ4v) is 3.07. The van der Waals surface area contributed by atoms with E-state index in [0.717, 1.165) is 17.9 Å². The third-order valence-electron chi connectivity index (χ3n) is 4.64. The molecule has 0 aliphatic carbocycles. The van der Waals surface area contributed by atoms with Crippen molar-refractivity contribution in [3.8, 4) is 5.75 Å². The number of amides is 2. The van der Waals surface area contributed by atoms with Crippen molar-refractivity contribution < 1.29 is 14.3 Å². The summed E-state index contributed by atoms with van der Waals surface area (Å²) in [5.74, 6) is 0.419. The van der Waals surface area contributed by atoms with Gasteiger partial charge in [0.25, 0.3) is 5.91 Å². The molecule has 166 valence electrons. The first-order valence-electron chi connectivity index (χ1n) is 10.7. The lowest BCUT2D eigenvalue weighted by Crippen LogP contribution is -2.30. The molecule has 3 rings (SSSR count). The summed E-state index contributed by atoms with van der Waals surface area (Å²) >= 11 is 0. The topological polar surface area (TPSA) is 79.5 Å². The van der Waals surface area contributed by atoms with Crippen LogP contribution in [0.2, 0.25) is 0 Å². The van der Waals surface area contributed by atoms with Crippen LogP contribution in [0.1, 0.15) is 29.8 Å². The second-order valence-corrected chi connectivity index (χ2v) is 7.72. The molecule has 6 heteroatoms. The second kappa shape index (κ2) is 11.6. The first-order chi connectivity index (χ1) is 15.5. The number of rotatable bonds is 10. The van der Waals surface area contributed by atoms with Crippen molar-refractivity contribution in [2.45, 2.75) is 26.3 Å². The molecule has 0 heterocycles. The molecule has 0 unspecified atom stereocenters. The Morgan fingerprint density at radius 1 is 0.875 bits per heavy atom. The van der Waals surface area contributed by atoms with Gasteiger partial charge in [0.1, 0.15) is 5.75 Å². The molecule has 0 aliphatic heterocycles. The number of hydrogen-bond donors (Lipinski definition) is 3. The Bertz CT molecular complexity index is 1020. The van der Waals surface area contributed by atoms with Crippen LogP contribution in [0, 0.1) is 0 Å². The van der Waals surface area contributed by atoms with Gasteiger partial charge in [-0.3, -0.25) is 9.59 Å². The molecule has 0 spiro atoms. The van der Waals surface area contributed by atoms with Crippen molar-refractivity contribution in [3.05, 3.63) is 90.0 Å². The van der Waals surface area contributed by atoms with Crippen molar-refractivity contribution >= 4 is 23.2 Å². The number of carbonyl (C=O) groups is 2. The van der Waals surface area contributed by atoms with Crippen molar-refractivity contribution in [3.63, 3.8) is 0 Å². The van der Waals surface area contributed by atoms with E-state index in [2.05, 4.69) is 28.1 Å². The maximum atomic E-state index is 12.3. The molecule has 0 radical (unpaired) electrons. The lowest BCUT2D eigenvalue weighted by molar-refractivity contribution is -0.114. The summed E-state index contributed by atoms with van der Waals surface area (Å²) in [4.78, 5) is 24.4. The van der Waals surface area contributed by atoms with E-state index in [-0.39, 0.29) is 24.4 Å². The van der Waals surface area contributed by atoms with Gasteiger partial charge >= 0.3 is 0 Å². The van der Waals surface area contributed by atoms with Crippen LogP contribution in [0.25, 0.3) is 0 Å². The number of hydrogen-bond acceptors (Lipinski definition) is 4. The predicted octanol–water partition coefficient (Wildman–Crippen LogP) is 4.50. The van der Waals surface area contributed by atoms with Gasteiger partial charge in [0.05, 0.1) is 13.2 Å². The lowest BCUT2D eigenvalue weighted by atomic mass is 10.1. The highest BCUT2D eigenvalue weighted by atomic mass is 16.5. The minimum absolute atomic E-state index is 0.0468. The quantitative estimate of drug-likeness (QED) is 0.442. The first kappa shape index (κ1) is 22.9. The molecule has 0 saturated heterocycles. The largest absolute Gasteiger partial charge is 0.493 e. The highest BCUT2D eigenvalue weighted by Crippen LogP contribution is 2.16. The molecule has 0 saturated carbocycles. The smallest absolute Gasteiger partial charge is 0.251 e. The maximum Gasteiger partial charge on any atom is 0.251 e. The standard InChI is InChI=1S/C26H29N3O3/c1-19(2)28-26(31)21-9-6-10-23(17-21)29-25(30)18-27-22-11-13-24(14-12-22)32-16-15-20-7-4-3-5-8-20/h3-14,17,19,27H,15-16,18H2,1-2H3,(H,28,31)(H,29,30). The Kier molecular flexibility index (Phi) is 8.26.